The van der Waals surface area contributed by atoms with E-state index in [4.69, 9.17) is 4.74 Å². The average Bonchev–Trinajstić information content (AvgIpc) is 2.16. The molecule has 1 aliphatic rings. The van der Waals surface area contributed by atoms with Crippen molar-refractivity contribution in [1.82, 2.24) is 6.15 Å². The molecule has 0 bridgehead atoms. The lowest BCUT2D eigenvalue weighted by Crippen LogP contribution is -2.09. The van der Waals surface area contributed by atoms with Crippen LogP contribution < -0.4 is 6.15 Å². The molecule has 0 unspecified atom stereocenters. The number of hydrogen-bond acceptors (Lipinski definition) is 2. The molecule has 0 aliphatic heterocycles. The largest absolute Gasteiger partial charge is 0.381 e. The lowest BCUT2D eigenvalue weighted by molar-refractivity contribution is 0.0850. The van der Waals surface area contributed by atoms with Gasteiger partial charge in [-0.15, -0.1) is 0 Å². The summed E-state index contributed by atoms with van der Waals surface area (Å²) >= 11 is 0. The zero-order valence-corrected chi connectivity index (χ0v) is 8.35. The molecule has 3 N–H and O–H groups in total. The third kappa shape index (κ3) is 4.73. The van der Waals surface area contributed by atoms with Crippen LogP contribution >= 0.6 is 0 Å². The smallest absolute Gasteiger partial charge is 0.0571 e. The fourth-order valence-electron chi connectivity index (χ4n) is 1.83. The molecule has 0 heterocycles. The predicted molar refractivity (Wildman–Crippen MR) is 52.8 cm³/mol. The predicted octanol–water partition coefficient (Wildman–Crippen LogP) is 3.30. The van der Waals surface area contributed by atoms with Gasteiger partial charge in [-0.1, -0.05) is 38.5 Å². The first-order chi connectivity index (χ1) is 5.43. The van der Waals surface area contributed by atoms with Gasteiger partial charge in [0.2, 0.25) is 0 Å². The molecule has 12 heavy (non-hydrogen) atoms. The quantitative estimate of drug-likeness (QED) is 0.661. The Bertz CT molecular complexity index is 85.8. The summed E-state index contributed by atoms with van der Waals surface area (Å²) in [6, 6.07) is 0. The van der Waals surface area contributed by atoms with Gasteiger partial charge in [-0.2, -0.15) is 0 Å². The number of hydrogen-bond donors (Lipinski definition) is 1. The highest BCUT2D eigenvalue weighted by Gasteiger charge is 2.08. The van der Waals surface area contributed by atoms with Crippen LogP contribution in [0.25, 0.3) is 0 Å². The standard InChI is InChI=1S/C10H20O.H3N/c1-11-10-8-6-4-2-3-5-7-9-10;/h10H,2-9H2,1H3;1H3. The molecule has 74 valence electrons. The molecule has 0 aromatic rings. The lowest BCUT2D eigenvalue weighted by Gasteiger charge is -2.12. The molecule has 1 aliphatic carbocycles. The molecule has 0 atom stereocenters. The van der Waals surface area contributed by atoms with E-state index < -0.39 is 0 Å². The van der Waals surface area contributed by atoms with Gasteiger partial charge in [-0.05, 0) is 12.8 Å². The van der Waals surface area contributed by atoms with E-state index in [1.165, 1.54) is 51.4 Å². The maximum absolute atomic E-state index is 5.38. The van der Waals surface area contributed by atoms with Crippen molar-refractivity contribution in [3.63, 3.8) is 0 Å². The summed E-state index contributed by atoms with van der Waals surface area (Å²) < 4.78 is 5.38. The van der Waals surface area contributed by atoms with Gasteiger partial charge in [-0.25, -0.2) is 0 Å². The highest BCUT2D eigenvalue weighted by molar-refractivity contribution is 4.61. The van der Waals surface area contributed by atoms with Crippen molar-refractivity contribution in [2.45, 2.75) is 57.5 Å². The summed E-state index contributed by atoms with van der Waals surface area (Å²) in [5.74, 6) is 0. The average molecular weight is 173 g/mol. The Balaban J connectivity index is 0.00000121. The molecule has 1 fully saturated rings. The zero-order chi connectivity index (χ0) is 7.94. The van der Waals surface area contributed by atoms with E-state index in [-0.39, 0.29) is 6.15 Å². The van der Waals surface area contributed by atoms with Crippen LogP contribution in [-0.4, -0.2) is 13.2 Å². The van der Waals surface area contributed by atoms with Crippen LogP contribution in [0.3, 0.4) is 0 Å². The van der Waals surface area contributed by atoms with Gasteiger partial charge in [0.1, 0.15) is 0 Å². The minimum Gasteiger partial charge on any atom is -0.381 e. The Morgan fingerprint density at radius 2 is 1.25 bits per heavy atom. The minimum absolute atomic E-state index is 0. The van der Waals surface area contributed by atoms with E-state index in [1.807, 2.05) is 7.11 Å². The van der Waals surface area contributed by atoms with Crippen molar-refractivity contribution in [3.05, 3.63) is 0 Å². The molecule has 2 heteroatoms. The first-order valence-electron chi connectivity index (χ1n) is 4.96. The van der Waals surface area contributed by atoms with Gasteiger partial charge in [0.25, 0.3) is 0 Å². The third-order valence-corrected chi connectivity index (χ3v) is 2.64. The van der Waals surface area contributed by atoms with E-state index in [0.717, 1.165) is 0 Å². The molecule has 1 saturated carbocycles. The van der Waals surface area contributed by atoms with E-state index >= 15 is 0 Å². The summed E-state index contributed by atoms with van der Waals surface area (Å²) in [4.78, 5) is 0. The van der Waals surface area contributed by atoms with Crippen LogP contribution in [0.2, 0.25) is 0 Å². The molecule has 0 aromatic heterocycles. The number of ether oxygens (including phenoxy) is 1. The summed E-state index contributed by atoms with van der Waals surface area (Å²) in [5.41, 5.74) is 0. The Kier molecular flexibility index (Phi) is 7.51. The number of rotatable bonds is 1. The highest BCUT2D eigenvalue weighted by atomic mass is 16.5. The van der Waals surface area contributed by atoms with Gasteiger partial charge in [0.05, 0.1) is 6.10 Å². The van der Waals surface area contributed by atoms with Gasteiger partial charge < -0.3 is 10.9 Å². The lowest BCUT2D eigenvalue weighted by atomic mass is 10.1. The van der Waals surface area contributed by atoms with Gasteiger partial charge in [0, 0.05) is 7.11 Å². The fraction of sp³-hybridized carbons (Fsp3) is 1.00. The Labute approximate surface area is 76.3 Å². The van der Waals surface area contributed by atoms with Crippen molar-refractivity contribution in [1.29, 1.82) is 0 Å². The van der Waals surface area contributed by atoms with Crippen LogP contribution in [0.4, 0.5) is 0 Å². The van der Waals surface area contributed by atoms with E-state index in [1.54, 1.807) is 0 Å². The molecule has 0 amide bonds. The van der Waals surface area contributed by atoms with Crippen molar-refractivity contribution < 1.29 is 4.74 Å². The molecule has 0 spiro atoms. The van der Waals surface area contributed by atoms with Crippen LogP contribution in [0.1, 0.15) is 51.4 Å². The van der Waals surface area contributed by atoms with Crippen LogP contribution in [0.5, 0.6) is 0 Å². The van der Waals surface area contributed by atoms with Crippen LogP contribution in [-0.2, 0) is 4.74 Å². The normalized spacial score (nSPS) is 21.8. The second-order valence-electron chi connectivity index (χ2n) is 3.56. The van der Waals surface area contributed by atoms with Gasteiger partial charge in [0.15, 0.2) is 0 Å². The van der Waals surface area contributed by atoms with Crippen molar-refractivity contribution >= 4 is 0 Å². The third-order valence-electron chi connectivity index (χ3n) is 2.64. The molecular weight excluding hydrogens is 150 g/mol. The topological polar surface area (TPSA) is 44.2 Å². The fourth-order valence-corrected chi connectivity index (χ4v) is 1.83. The van der Waals surface area contributed by atoms with Gasteiger partial charge >= 0.3 is 0 Å². The SMILES string of the molecule is COC1CCCCCCCC1.N. The van der Waals surface area contributed by atoms with Gasteiger partial charge in [-0.3, -0.25) is 0 Å². The highest BCUT2D eigenvalue weighted by Crippen LogP contribution is 2.18. The number of methoxy groups -OCH3 is 1. The summed E-state index contributed by atoms with van der Waals surface area (Å²) in [5, 5.41) is 0. The van der Waals surface area contributed by atoms with Crippen LogP contribution in [0.15, 0.2) is 0 Å². The Hall–Kier alpha value is -0.0800. The van der Waals surface area contributed by atoms with E-state index in [2.05, 4.69) is 0 Å². The molecule has 1 rings (SSSR count). The monoisotopic (exact) mass is 173 g/mol. The molecule has 2 nitrogen and oxygen atoms in total. The molecular formula is C10H23NO. The van der Waals surface area contributed by atoms with E-state index in [0.29, 0.717) is 6.10 Å². The maximum Gasteiger partial charge on any atom is 0.0571 e. The molecule has 0 radical (unpaired) electrons. The molecule has 0 saturated heterocycles. The Morgan fingerprint density at radius 3 is 1.67 bits per heavy atom. The van der Waals surface area contributed by atoms with Crippen molar-refractivity contribution in [2.75, 3.05) is 7.11 Å². The minimum atomic E-state index is 0. The summed E-state index contributed by atoms with van der Waals surface area (Å²) in [6.45, 7) is 0. The summed E-state index contributed by atoms with van der Waals surface area (Å²) in [7, 11) is 1.85. The molecule has 0 aromatic carbocycles. The maximum atomic E-state index is 5.38. The zero-order valence-electron chi connectivity index (χ0n) is 8.35. The van der Waals surface area contributed by atoms with Crippen LogP contribution in [0, 0.1) is 0 Å². The van der Waals surface area contributed by atoms with E-state index in [9.17, 15) is 0 Å². The first kappa shape index (κ1) is 11.9. The second kappa shape index (κ2) is 7.56. The first-order valence-corrected chi connectivity index (χ1v) is 4.96. The van der Waals surface area contributed by atoms with Crippen molar-refractivity contribution in [2.24, 2.45) is 0 Å². The van der Waals surface area contributed by atoms with Crippen molar-refractivity contribution in [3.8, 4) is 0 Å². The Morgan fingerprint density at radius 1 is 0.833 bits per heavy atom. The second-order valence-corrected chi connectivity index (χ2v) is 3.56. The summed E-state index contributed by atoms with van der Waals surface area (Å²) in [6.07, 6.45) is 11.6.